The van der Waals surface area contributed by atoms with Crippen molar-refractivity contribution in [3.8, 4) is 0 Å². The summed E-state index contributed by atoms with van der Waals surface area (Å²) in [6.45, 7) is 4.86. The summed E-state index contributed by atoms with van der Waals surface area (Å²) in [4.78, 5) is 22.5. The average molecular weight is 379 g/mol. The van der Waals surface area contributed by atoms with Crippen LogP contribution in [0.25, 0.3) is 0 Å². The van der Waals surface area contributed by atoms with Gasteiger partial charge in [0.15, 0.2) is 0 Å². The Hall–Kier alpha value is -2.72. The van der Waals surface area contributed by atoms with Gasteiger partial charge >= 0.3 is 0 Å². The number of anilines is 1. The Kier molecular flexibility index (Phi) is 7.08. The predicted molar refractivity (Wildman–Crippen MR) is 96.1 cm³/mol. The van der Waals surface area contributed by atoms with E-state index >= 15 is 0 Å². The highest BCUT2D eigenvalue weighted by Gasteiger charge is 2.33. The van der Waals surface area contributed by atoms with Crippen LogP contribution in [-0.2, 0) is 23.1 Å². The first-order chi connectivity index (χ1) is 12.8. The molecule has 1 amide bonds. The zero-order valence-corrected chi connectivity index (χ0v) is 15.6. The number of amides is 1. The van der Waals surface area contributed by atoms with Gasteiger partial charge in [-0.25, -0.2) is 0 Å². The van der Waals surface area contributed by atoms with Crippen molar-refractivity contribution >= 4 is 18.1 Å². The van der Waals surface area contributed by atoms with E-state index in [2.05, 4.69) is 15.6 Å². The fourth-order valence-corrected chi connectivity index (χ4v) is 3.16. The summed E-state index contributed by atoms with van der Waals surface area (Å²) in [5.74, 6) is 0.716. The molecule has 1 aliphatic rings. The number of hydrogen-bond donors (Lipinski definition) is 3. The Bertz CT molecular complexity index is 772. The second kappa shape index (κ2) is 9.28. The average Bonchev–Trinajstić information content (AvgIpc) is 3.22. The number of carbonyl (C=O) groups excluding carboxylic acids is 1. The normalized spacial score (nSPS) is 19.4. The van der Waals surface area contributed by atoms with Crippen molar-refractivity contribution in [3.05, 3.63) is 29.4 Å². The Morgan fingerprint density at radius 2 is 2.15 bits per heavy atom. The van der Waals surface area contributed by atoms with Crippen LogP contribution in [0.15, 0.2) is 16.8 Å². The van der Waals surface area contributed by atoms with Crippen molar-refractivity contribution < 1.29 is 24.3 Å². The van der Waals surface area contributed by atoms with Gasteiger partial charge in [-0.05, 0) is 13.8 Å². The van der Waals surface area contributed by atoms with E-state index in [1.165, 1.54) is 0 Å². The summed E-state index contributed by atoms with van der Waals surface area (Å²) in [5.41, 5.74) is 2.34. The third kappa shape index (κ3) is 5.90. The molecule has 0 spiro atoms. The number of rotatable bonds is 5. The van der Waals surface area contributed by atoms with Crippen LogP contribution in [0.2, 0.25) is 0 Å². The smallest absolute Gasteiger partial charge is 0.290 e. The molecule has 0 unspecified atom stereocenters. The van der Waals surface area contributed by atoms with Gasteiger partial charge in [0.1, 0.15) is 5.76 Å². The number of β-amino-alcohol motifs (C(OH)–C–C–N with tert-alkyl or cyclic N) is 1. The third-order valence-electron chi connectivity index (χ3n) is 4.28. The molecule has 3 N–H and O–H groups in total. The first kappa shape index (κ1) is 20.6. The zero-order valence-electron chi connectivity index (χ0n) is 15.6. The summed E-state index contributed by atoms with van der Waals surface area (Å²) >= 11 is 0. The Morgan fingerprint density at radius 1 is 1.44 bits per heavy atom. The van der Waals surface area contributed by atoms with Gasteiger partial charge in [-0.15, -0.1) is 0 Å². The lowest BCUT2D eigenvalue weighted by atomic mass is 10.0. The molecule has 1 fully saturated rings. The van der Waals surface area contributed by atoms with Crippen LogP contribution in [0.1, 0.15) is 17.1 Å². The minimum Gasteiger partial charge on any atom is -0.483 e. The van der Waals surface area contributed by atoms with Gasteiger partial charge in [0, 0.05) is 44.7 Å². The standard InChI is InChI=1S/C16H23N5O3.CH2O2/c1-10-4-13(24-19-10)5-12-6-21(8-15(12)22)9-16(23)17-14-7-20(3)18-11(14)2;2-1-3/h4,7,12,15,22H,5-6,8-9H2,1-3H3,(H,17,23);1H,(H,2,3)/t12-,15+;/m1./s1. The van der Waals surface area contributed by atoms with E-state index in [-0.39, 0.29) is 24.8 Å². The largest absolute Gasteiger partial charge is 0.483 e. The van der Waals surface area contributed by atoms with Crippen molar-refractivity contribution in [1.82, 2.24) is 19.8 Å². The van der Waals surface area contributed by atoms with E-state index in [4.69, 9.17) is 14.4 Å². The number of carbonyl (C=O) groups is 2. The number of aromatic nitrogens is 3. The summed E-state index contributed by atoms with van der Waals surface area (Å²) in [5, 5.41) is 28.1. The van der Waals surface area contributed by atoms with Gasteiger partial charge in [0.05, 0.1) is 29.7 Å². The van der Waals surface area contributed by atoms with Gasteiger partial charge in [-0.3, -0.25) is 19.2 Å². The van der Waals surface area contributed by atoms with Gasteiger partial charge in [0.2, 0.25) is 5.91 Å². The van der Waals surface area contributed by atoms with Gasteiger partial charge < -0.3 is 20.1 Å². The number of nitrogens with one attached hydrogen (secondary N) is 1. The van der Waals surface area contributed by atoms with Crippen LogP contribution in [0.3, 0.4) is 0 Å². The molecule has 1 saturated heterocycles. The van der Waals surface area contributed by atoms with Crippen molar-refractivity contribution in [3.63, 3.8) is 0 Å². The number of aliphatic hydroxyl groups is 1. The van der Waals surface area contributed by atoms with E-state index in [0.717, 1.165) is 22.8 Å². The molecule has 3 rings (SSSR count). The molecule has 10 heteroatoms. The van der Waals surface area contributed by atoms with Crippen LogP contribution in [0.4, 0.5) is 5.69 Å². The van der Waals surface area contributed by atoms with Crippen LogP contribution in [-0.4, -0.2) is 68.2 Å². The number of carboxylic acid groups (broad SMARTS) is 1. The van der Waals surface area contributed by atoms with Crippen LogP contribution >= 0.6 is 0 Å². The molecule has 3 heterocycles. The summed E-state index contributed by atoms with van der Waals surface area (Å²) < 4.78 is 6.88. The number of hydrogen-bond acceptors (Lipinski definition) is 7. The Balaban J connectivity index is 0.000000817. The zero-order chi connectivity index (χ0) is 20.0. The molecule has 0 aromatic carbocycles. The second-order valence-corrected chi connectivity index (χ2v) is 6.62. The molecule has 0 saturated carbocycles. The molecule has 0 aliphatic carbocycles. The molecule has 1 aliphatic heterocycles. The van der Waals surface area contributed by atoms with Crippen LogP contribution in [0.5, 0.6) is 0 Å². The lowest BCUT2D eigenvalue weighted by Crippen LogP contribution is -2.32. The van der Waals surface area contributed by atoms with Gasteiger partial charge in [0.25, 0.3) is 6.47 Å². The third-order valence-corrected chi connectivity index (χ3v) is 4.28. The molecule has 27 heavy (non-hydrogen) atoms. The number of aryl methyl sites for hydroxylation is 3. The highest BCUT2D eigenvalue weighted by molar-refractivity contribution is 5.92. The fraction of sp³-hybridized carbons (Fsp3) is 0.529. The van der Waals surface area contributed by atoms with E-state index in [0.29, 0.717) is 19.5 Å². The summed E-state index contributed by atoms with van der Waals surface area (Å²) in [7, 11) is 1.81. The summed E-state index contributed by atoms with van der Waals surface area (Å²) in [6.07, 6.45) is 1.94. The first-order valence-corrected chi connectivity index (χ1v) is 8.53. The quantitative estimate of drug-likeness (QED) is 0.627. The van der Waals surface area contributed by atoms with Crippen molar-refractivity contribution in [2.24, 2.45) is 13.0 Å². The number of nitrogens with zero attached hydrogens (tertiary/aromatic N) is 4. The fourth-order valence-electron chi connectivity index (χ4n) is 3.16. The first-order valence-electron chi connectivity index (χ1n) is 8.53. The van der Waals surface area contributed by atoms with E-state index < -0.39 is 6.10 Å². The molecule has 0 bridgehead atoms. The van der Waals surface area contributed by atoms with E-state index in [1.54, 1.807) is 10.9 Å². The molecule has 10 nitrogen and oxygen atoms in total. The SMILES string of the molecule is Cc1cc(C[C@@H]2CN(CC(=O)Nc3cn(C)nc3C)C[C@@H]2O)on1.O=CO. The van der Waals surface area contributed by atoms with Gasteiger partial charge in [-0.2, -0.15) is 5.10 Å². The van der Waals surface area contributed by atoms with Crippen LogP contribution < -0.4 is 5.32 Å². The monoisotopic (exact) mass is 379 g/mol. The van der Waals surface area contributed by atoms with Crippen molar-refractivity contribution in [2.75, 3.05) is 25.0 Å². The minimum absolute atomic E-state index is 0.0466. The lowest BCUT2D eigenvalue weighted by Gasteiger charge is -2.14. The second-order valence-electron chi connectivity index (χ2n) is 6.62. The highest BCUT2D eigenvalue weighted by Crippen LogP contribution is 2.22. The van der Waals surface area contributed by atoms with Crippen molar-refractivity contribution in [2.45, 2.75) is 26.4 Å². The van der Waals surface area contributed by atoms with E-state index in [1.807, 2.05) is 31.9 Å². The minimum atomic E-state index is -0.469. The maximum atomic E-state index is 12.2. The van der Waals surface area contributed by atoms with E-state index in [9.17, 15) is 9.90 Å². The predicted octanol–water partition coefficient (Wildman–Crippen LogP) is 0.200. The Labute approximate surface area is 156 Å². The highest BCUT2D eigenvalue weighted by atomic mass is 16.5. The Morgan fingerprint density at radius 3 is 2.70 bits per heavy atom. The number of likely N-dealkylation sites (tertiary alicyclic amines) is 1. The topological polar surface area (TPSA) is 134 Å². The maximum Gasteiger partial charge on any atom is 0.290 e. The van der Waals surface area contributed by atoms with Crippen LogP contribution in [0, 0.1) is 19.8 Å². The van der Waals surface area contributed by atoms with Crippen molar-refractivity contribution in [1.29, 1.82) is 0 Å². The summed E-state index contributed by atoms with van der Waals surface area (Å²) in [6, 6.07) is 1.88. The lowest BCUT2D eigenvalue weighted by molar-refractivity contribution is -0.123. The molecule has 2 atom stereocenters. The van der Waals surface area contributed by atoms with Gasteiger partial charge in [-0.1, -0.05) is 5.16 Å². The molecule has 2 aromatic heterocycles. The number of aliphatic hydroxyl groups excluding tert-OH is 1. The maximum absolute atomic E-state index is 12.2. The molecule has 0 radical (unpaired) electrons. The molecular weight excluding hydrogens is 354 g/mol. The molecule has 2 aromatic rings. The molecule has 148 valence electrons. The molecular formula is C17H25N5O5.